The van der Waals surface area contributed by atoms with Crippen molar-refractivity contribution in [3.8, 4) is 6.07 Å². The Morgan fingerprint density at radius 2 is 1.93 bits per heavy atom. The minimum Gasteiger partial charge on any atom is -0.367 e. The van der Waals surface area contributed by atoms with Gasteiger partial charge in [0.15, 0.2) is 0 Å². The summed E-state index contributed by atoms with van der Waals surface area (Å²) in [6.45, 7) is 0.730. The first-order chi connectivity index (χ1) is 13.7. The minimum atomic E-state index is -0.301. The third-order valence-corrected chi connectivity index (χ3v) is 4.52. The molecular formula is C20H17N5O2S. The smallest absolute Gasteiger partial charge is 0.256 e. The van der Waals surface area contributed by atoms with E-state index in [1.54, 1.807) is 54.0 Å². The summed E-state index contributed by atoms with van der Waals surface area (Å²) < 4.78 is 0. The molecule has 0 saturated carbocycles. The van der Waals surface area contributed by atoms with Gasteiger partial charge in [-0.25, -0.2) is 4.98 Å². The van der Waals surface area contributed by atoms with E-state index in [1.807, 2.05) is 5.38 Å². The highest BCUT2D eigenvalue weighted by Gasteiger charge is 2.14. The minimum absolute atomic E-state index is 0.262. The molecule has 7 nitrogen and oxygen atoms in total. The van der Waals surface area contributed by atoms with E-state index in [2.05, 4.69) is 27.0 Å². The van der Waals surface area contributed by atoms with Crippen LogP contribution in [0, 0.1) is 11.3 Å². The molecule has 140 valence electrons. The molecule has 2 amide bonds. The van der Waals surface area contributed by atoms with Crippen LogP contribution in [0.2, 0.25) is 0 Å². The lowest BCUT2D eigenvalue weighted by molar-refractivity contribution is 0.0956. The molecule has 8 heteroatoms. The number of nitrogens with one attached hydrogen (secondary N) is 3. The van der Waals surface area contributed by atoms with E-state index in [1.165, 1.54) is 11.3 Å². The van der Waals surface area contributed by atoms with Crippen molar-refractivity contribution in [1.29, 1.82) is 5.26 Å². The number of pyridine rings is 1. The summed E-state index contributed by atoms with van der Waals surface area (Å²) in [5.74, 6) is -0.0884. The predicted molar refractivity (Wildman–Crippen MR) is 108 cm³/mol. The Morgan fingerprint density at radius 1 is 1.07 bits per heavy atom. The largest absolute Gasteiger partial charge is 0.367 e. The number of hydrogen-bond donors (Lipinski definition) is 3. The third-order valence-electron chi connectivity index (χ3n) is 3.83. The van der Waals surface area contributed by atoms with Gasteiger partial charge in [0.1, 0.15) is 11.9 Å². The Labute approximate surface area is 166 Å². The molecule has 0 saturated heterocycles. The Balaban J connectivity index is 1.57. The van der Waals surface area contributed by atoms with Crippen LogP contribution in [0.4, 0.5) is 11.5 Å². The zero-order chi connectivity index (χ0) is 19.8. The fourth-order valence-corrected chi connectivity index (χ4v) is 3.10. The standard InChI is InChI=1S/C20H17N5O2S/c21-12-14-4-3-8-22-18(14)23-9-10-24-20(27)16-5-1-2-6-17(16)25-19(26)15-7-11-28-13-15/h1-8,11,13H,9-10H2,(H,22,23)(H,24,27)(H,25,26). The molecule has 0 bridgehead atoms. The maximum atomic E-state index is 12.5. The number of hydrogen-bond acceptors (Lipinski definition) is 6. The van der Waals surface area contributed by atoms with Gasteiger partial charge in [-0.15, -0.1) is 0 Å². The van der Waals surface area contributed by atoms with E-state index in [-0.39, 0.29) is 11.8 Å². The van der Waals surface area contributed by atoms with Gasteiger partial charge in [-0.1, -0.05) is 12.1 Å². The molecule has 1 aromatic carbocycles. The molecule has 3 rings (SSSR count). The number of carbonyl (C=O) groups excluding carboxylic acids is 2. The van der Waals surface area contributed by atoms with Crippen molar-refractivity contribution < 1.29 is 9.59 Å². The first-order valence-electron chi connectivity index (χ1n) is 8.49. The molecule has 0 radical (unpaired) electrons. The lowest BCUT2D eigenvalue weighted by Crippen LogP contribution is -2.30. The van der Waals surface area contributed by atoms with Crippen molar-refractivity contribution in [3.05, 3.63) is 76.1 Å². The second kappa shape index (κ2) is 9.30. The molecule has 0 fully saturated rings. The normalized spacial score (nSPS) is 9.96. The fourth-order valence-electron chi connectivity index (χ4n) is 2.47. The second-order valence-corrected chi connectivity index (χ2v) is 6.49. The molecule has 0 aliphatic rings. The van der Waals surface area contributed by atoms with Crippen LogP contribution in [-0.2, 0) is 0 Å². The number of nitrogens with zero attached hydrogens (tertiary/aromatic N) is 2. The van der Waals surface area contributed by atoms with E-state index in [0.29, 0.717) is 41.3 Å². The summed E-state index contributed by atoms with van der Waals surface area (Å²) in [5.41, 5.74) is 1.81. The number of benzene rings is 1. The molecule has 0 aliphatic carbocycles. The van der Waals surface area contributed by atoms with Crippen molar-refractivity contribution in [3.63, 3.8) is 0 Å². The van der Waals surface area contributed by atoms with Crippen molar-refractivity contribution in [2.45, 2.75) is 0 Å². The summed E-state index contributed by atoms with van der Waals surface area (Å²) in [5, 5.41) is 21.2. The van der Waals surface area contributed by atoms with Gasteiger partial charge < -0.3 is 16.0 Å². The monoisotopic (exact) mass is 391 g/mol. The molecule has 2 heterocycles. The van der Waals surface area contributed by atoms with Crippen LogP contribution >= 0.6 is 11.3 Å². The molecular weight excluding hydrogens is 374 g/mol. The second-order valence-electron chi connectivity index (χ2n) is 5.71. The van der Waals surface area contributed by atoms with Crippen molar-refractivity contribution >= 4 is 34.7 Å². The Bertz CT molecular complexity index is 1010. The van der Waals surface area contributed by atoms with E-state index in [4.69, 9.17) is 5.26 Å². The number of thiophene rings is 1. The Hall–Kier alpha value is -3.70. The van der Waals surface area contributed by atoms with E-state index in [0.717, 1.165) is 0 Å². The van der Waals surface area contributed by atoms with Gasteiger partial charge in [0.25, 0.3) is 11.8 Å². The molecule has 0 atom stereocenters. The van der Waals surface area contributed by atoms with Gasteiger partial charge in [0.2, 0.25) is 0 Å². The first-order valence-corrected chi connectivity index (χ1v) is 9.43. The number of nitriles is 1. The summed E-state index contributed by atoms with van der Waals surface area (Å²) in [7, 11) is 0. The molecule has 28 heavy (non-hydrogen) atoms. The number of aromatic nitrogens is 1. The van der Waals surface area contributed by atoms with Crippen LogP contribution in [0.25, 0.3) is 0 Å². The highest BCUT2D eigenvalue weighted by atomic mass is 32.1. The zero-order valence-electron chi connectivity index (χ0n) is 14.8. The van der Waals surface area contributed by atoms with Crippen LogP contribution < -0.4 is 16.0 Å². The van der Waals surface area contributed by atoms with Crippen molar-refractivity contribution in [2.24, 2.45) is 0 Å². The van der Waals surface area contributed by atoms with Crippen molar-refractivity contribution in [2.75, 3.05) is 23.7 Å². The van der Waals surface area contributed by atoms with Gasteiger partial charge >= 0.3 is 0 Å². The van der Waals surface area contributed by atoms with E-state index in [9.17, 15) is 9.59 Å². The zero-order valence-corrected chi connectivity index (χ0v) is 15.6. The van der Waals surface area contributed by atoms with Crippen LogP contribution in [0.5, 0.6) is 0 Å². The lowest BCUT2D eigenvalue weighted by Gasteiger charge is -2.12. The van der Waals surface area contributed by atoms with Gasteiger partial charge in [0.05, 0.1) is 22.4 Å². The maximum Gasteiger partial charge on any atom is 0.256 e. The van der Waals surface area contributed by atoms with Crippen LogP contribution in [-0.4, -0.2) is 29.9 Å². The predicted octanol–water partition coefficient (Wildman–Crippen LogP) is 3.11. The highest BCUT2D eigenvalue weighted by Crippen LogP contribution is 2.17. The first kappa shape index (κ1) is 19.1. The van der Waals surface area contributed by atoms with Crippen molar-refractivity contribution in [1.82, 2.24) is 10.3 Å². The average molecular weight is 391 g/mol. The van der Waals surface area contributed by atoms with E-state index < -0.39 is 0 Å². The summed E-state index contributed by atoms with van der Waals surface area (Å²) >= 11 is 1.43. The number of amides is 2. The molecule has 0 aliphatic heterocycles. The average Bonchev–Trinajstić information content (AvgIpc) is 3.27. The van der Waals surface area contributed by atoms with Gasteiger partial charge in [0, 0.05) is 24.7 Å². The maximum absolute atomic E-state index is 12.5. The molecule has 0 unspecified atom stereocenters. The topological polar surface area (TPSA) is 107 Å². The molecule has 3 N–H and O–H groups in total. The van der Waals surface area contributed by atoms with Gasteiger partial charge in [-0.3, -0.25) is 9.59 Å². The van der Waals surface area contributed by atoms with Gasteiger partial charge in [-0.05, 0) is 35.7 Å². The number of para-hydroxylation sites is 1. The molecule has 2 aromatic heterocycles. The number of rotatable bonds is 7. The summed E-state index contributed by atoms with van der Waals surface area (Å²) in [6.07, 6.45) is 1.59. The third kappa shape index (κ3) is 4.72. The molecule has 3 aromatic rings. The fraction of sp³-hybridized carbons (Fsp3) is 0.100. The van der Waals surface area contributed by atoms with Crippen LogP contribution in [0.3, 0.4) is 0 Å². The summed E-state index contributed by atoms with van der Waals surface area (Å²) in [6, 6.07) is 14.0. The number of anilines is 2. The quantitative estimate of drug-likeness (QED) is 0.537. The SMILES string of the molecule is N#Cc1cccnc1NCCNC(=O)c1ccccc1NC(=O)c1ccsc1. The van der Waals surface area contributed by atoms with E-state index >= 15 is 0 Å². The lowest BCUT2D eigenvalue weighted by atomic mass is 10.1. The Morgan fingerprint density at radius 3 is 2.71 bits per heavy atom. The number of carbonyl (C=O) groups is 2. The summed E-state index contributed by atoms with van der Waals surface area (Å²) in [4.78, 5) is 28.9. The van der Waals surface area contributed by atoms with Crippen LogP contribution in [0.15, 0.2) is 59.4 Å². The van der Waals surface area contributed by atoms with Gasteiger partial charge in [-0.2, -0.15) is 16.6 Å². The molecule has 0 spiro atoms. The Kier molecular flexibility index (Phi) is 6.33. The highest BCUT2D eigenvalue weighted by molar-refractivity contribution is 7.08. The van der Waals surface area contributed by atoms with Crippen LogP contribution in [0.1, 0.15) is 26.3 Å².